The van der Waals surface area contributed by atoms with Crippen molar-refractivity contribution >= 4 is 37.2 Å². The molecule has 0 heterocycles. The first-order valence-corrected chi connectivity index (χ1v) is 9.16. The fourth-order valence-corrected chi connectivity index (χ4v) is 0.112. The lowest BCUT2D eigenvalue weighted by molar-refractivity contribution is 0.155. The molecule has 0 spiro atoms. The van der Waals surface area contributed by atoms with Crippen molar-refractivity contribution in [1.29, 1.82) is 0 Å². The van der Waals surface area contributed by atoms with Crippen LogP contribution in [0.5, 0.6) is 0 Å². The highest BCUT2D eigenvalue weighted by molar-refractivity contribution is 15.0. The fourth-order valence-electron chi connectivity index (χ4n) is 0.112. The Morgan fingerprint density at radius 1 is 1.33 bits per heavy atom. The van der Waals surface area contributed by atoms with Crippen molar-refractivity contribution in [2.75, 3.05) is 6.61 Å². The van der Waals surface area contributed by atoms with Gasteiger partial charge in [-0.1, -0.05) is 20.8 Å². The highest BCUT2D eigenvalue weighted by Crippen LogP contribution is 2.16. The summed E-state index contributed by atoms with van der Waals surface area (Å²) >= 11 is 4.24. The summed E-state index contributed by atoms with van der Waals surface area (Å²) in [5.41, 5.74) is 0.139. The van der Waals surface area contributed by atoms with E-state index in [4.69, 9.17) is 5.11 Å². The average Bonchev–Trinajstić information content (AvgIpc) is 1.93. The third-order valence-corrected chi connectivity index (χ3v) is 1.39. The predicted octanol–water partition coefficient (Wildman–Crippen LogP) is 3.19. The minimum absolute atomic E-state index is 0.139. The van der Waals surface area contributed by atoms with Gasteiger partial charge in [0.15, 0.2) is 0 Å². The molecule has 0 bridgehead atoms. The van der Waals surface area contributed by atoms with Gasteiger partial charge in [0.05, 0.1) is 0 Å². The monoisotopic (exact) mass is 356 g/mol. The van der Waals surface area contributed by atoms with Gasteiger partial charge in [0, 0.05) is 43.8 Å². The van der Waals surface area contributed by atoms with E-state index in [2.05, 4.69) is 44.2 Å². The van der Waals surface area contributed by atoms with E-state index >= 15 is 0 Å². The van der Waals surface area contributed by atoms with Crippen LogP contribution in [0.25, 0.3) is 0 Å². The van der Waals surface area contributed by atoms with Gasteiger partial charge in [-0.05, 0) is 11.8 Å². The summed E-state index contributed by atoms with van der Waals surface area (Å²) in [6.07, 6.45) is 1.05. The molecule has 0 rings (SSSR count). The maximum absolute atomic E-state index is 8.59. The summed E-state index contributed by atoms with van der Waals surface area (Å²) in [6, 6.07) is 0. The van der Waals surface area contributed by atoms with Gasteiger partial charge in [-0.15, -0.1) is 0 Å². The molecule has 1 nitrogen and oxygen atoms in total. The fraction of sp³-hybridized carbons (Fsp3) is 1.00. The summed E-state index contributed by atoms with van der Waals surface area (Å²) in [4.78, 5) is 0. The Kier molecular flexibility index (Phi) is 10.9. The zero-order chi connectivity index (χ0) is 7.91. The lowest BCUT2D eigenvalue weighted by Gasteiger charge is -2.17. The molecule has 9 heavy (non-hydrogen) atoms. The van der Waals surface area contributed by atoms with Crippen LogP contribution >= 0.6 is 37.2 Å². The molecule has 58 valence electrons. The maximum atomic E-state index is 8.59. The Hall–Kier alpha value is 1.42. The first-order valence-electron chi connectivity index (χ1n) is 2.87. The molecule has 0 amide bonds. The van der Waals surface area contributed by atoms with E-state index in [0.29, 0.717) is 6.61 Å². The molecule has 0 saturated carbocycles. The zero-order valence-corrected chi connectivity index (χ0v) is 10.4. The highest BCUT2D eigenvalue weighted by Gasteiger charge is 2.11. The predicted molar refractivity (Wildman–Crippen MR) is 59.2 cm³/mol. The summed E-state index contributed by atoms with van der Waals surface area (Å²) in [7, 11) is 0. The normalized spacial score (nSPS) is 10.0. The number of hydrogen-bond acceptors (Lipinski definition) is 1. The third kappa shape index (κ3) is 9.42. The van der Waals surface area contributed by atoms with Gasteiger partial charge in [-0.3, -0.25) is 0 Å². The Labute approximate surface area is 80.9 Å². The molecule has 1 N–H and O–H groups in total. The van der Waals surface area contributed by atoms with Crippen LogP contribution in [0.4, 0.5) is 0 Å². The van der Waals surface area contributed by atoms with Crippen molar-refractivity contribution in [2.24, 2.45) is 5.41 Å². The van der Waals surface area contributed by atoms with Gasteiger partial charge in [0.25, 0.3) is 0 Å². The first-order chi connectivity index (χ1) is 4.12. The van der Waals surface area contributed by atoms with Gasteiger partial charge in [-0.2, -0.15) is 0 Å². The number of rotatable bonds is 2. The van der Waals surface area contributed by atoms with Crippen molar-refractivity contribution in [3.05, 3.63) is 0 Å². The molecule has 0 unspecified atom stereocenters. The Morgan fingerprint density at radius 2 is 1.67 bits per heavy atom. The van der Waals surface area contributed by atoms with Crippen LogP contribution in [0, 0.1) is 5.41 Å². The van der Waals surface area contributed by atoms with Gasteiger partial charge in [-0.25, -0.2) is 0 Å². The van der Waals surface area contributed by atoms with E-state index in [-0.39, 0.29) is 5.41 Å². The first kappa shape index (κ1) is 13.0. The SMILES string of the molecule is CCC(C)(C)CO.II. The third-order valence-electron chi connectivity index (χ3n) is 1.39. The number of hydrogen-bond donors (Lipinski definition) is 1. The number of aliphatic hydroxyl groups is 1. The lowest BCUT2D eigenvalue weighted by Crippen LogP contribution is -2.14. The summed E-state index contributed by atoms with van der Waals surface area (Å²) in [6.45, 7) is 6.47. The van der Waals surface area contributed by atoms with Crippen LogP contribution in [0.2, 0.25) is 0 Å². The van der Waals surface area contributed by atoms with E-state index in [9.17, 15) is 0 Å². The van der Waals surface area contributed by atoms with Crippen LogP contribution < -0.4 is 0 Å². The van der Waals surface area contributed by atoms with Crippen molar-refractivity contribution in [3.8, 4) is 0 Å². The smallest absolute Gasteiger partial charge is 0.0482 e. The summed E-state index contributed by atoms with van der Waals surface area (Å²) in [5.74, 6) is 0. The Balaban J connectivity index is 0. The topological polar surface area (TPSA) is 20.2 Å². The second-order valence-corrected chi connectivity index (χ2v) is 2.68. The second-order valence-electron chi connectivity index (χ2n) is 2.68. The zero-order valence-electron chi connectivity index (χ0n) is 6.12. The van der Waals surface area contributed by atoms with E-state index in [1.165, 1.54) is 0 Å². The van der Waals surface area contributed by atoms with Gasteiger partial charge in [0.2, 0.25) is 0 Å². The van der Waals surface area contributed by atoms with Crippen LogP contribution in [0.3, 0.4) is 0 Å². The molecule has 0 saturated heterocycles. The molecule has 3 heteroatoms. The molecule has 0 fully saturated rings. The van der Waals surface area contributed by atoms with Gasteiger partial charge < -0.3 is 5.11 Å². The number of aliphatic hydroxyl groups excluding tert-OH is 1. The molecule has 0 aliphatic carbocycles. The average molecular weight is 356 g/mol. The Bertz CT molecular complexity index is 49.0. The summed E-state index contributed by atoms with van der Waals surface area (Å²) in [5, 5.41) is 8.59. The maximum Gasteiger partial charge on any atom is 0.0482 e. The molecular weight excluding hydrogens is 342 g/mol. The van der Waals surface area contributed by atoms with Crippen molar-refractivity contribution in [2.45, 2.75) is 27.2 Å². The van der Waals surface area contributed by atoms with E-state index in [0.717, 1.165) is 6.42 Å². The van der Waals surface area contributed by atoms with E-state index in [1.54, 1.807) is 0 Å². The van der Waals surface area contributed by atoms with Crippen molar-refractivity contribution in [1.82, 2.24) is 0 Å². The van der Waals surface area contributed by atoms with Crippen LogP contribution in [-0.4, -0.2) is 11.7 Å². The molecule has 0 aliphatic rings. The van der Waals surface area contributed by atoms with Crippen LogP contribution in [-0.2, 0) is 0 Å². The van der Waals surface area contributed by atoms with E-state index < -0.39 is 0 Å². The van der Waals surface area contributed by atoms with Gasteiger partial charge >= 0.3 is 0 Å². The van der Waals surface area contributed by atoms with Crippen LogP contribution in [0.15, 0.2) is 0 Å². The molecule has 0 aromatic heterocycles. The molecule has 0 radical (unpaired) electrons. The minimum Gasteiger partial charge on any atom is -0.396 e. The molecule has 0 aromatic rings. The van der Waals surface area contributed by atoms with E-state index in [1.807, 2.05) is 13.8 Å². The van der Waals surface area contributed by atoms with Gasteiger partial charge in [0.1, 0.15) is 0 Å². The standard InChI is InChI=1S/C6H14O.I2/c1-4-6(2,3)5-7;1-2/h7H,4-5H2,1-3H3;. The highest BCUT2D eigenvalue weighted by atomic mass is 128. The Morgan fingerprint density at radius 3 is 1.67 bits per heavy atom. The molecule has 0 aromatic carbocycles. The number of halogens is 2. The largest absolute Gasteiger partial charge is 0.396 e. The molecular formula is C6H14I2O. The van der Waals surface area contributed by atoms with Crippen molar-refractivity contribution < 1.29 is 5.11 Å². The molecule has 0 atom stereocenters. The molecule has 0 aliphatic heterocycles. The summed E-state index contributed by atoms with van der Waals surface area (Å²) < 4.78 is 0. The quantitative estimate of drug-likeness (QED) is 0.754. The van der Waals surface area contributed by atoms with Crippen molar-refractivity contribution in [3.63, 3.8) is 0 Å². The lowest BCUT2D eigenvalue weighted by atomic mass is 9.92. The minimum atomic E-state index is 0.139. The van der Waals surface area contributed by atoms with Crippen LogP contribution in [0.1, 0.15) is 27.2 Å². The second kappa shape index (κ2) is 7.53.